The minimum atomic E-state index is -4.66. The van der Waals surface area contributed by atoms with E-state index >= 15 is 0 Å². The van der Waals surface area contributed by atoms with Gasteiger partial charge in [0.15, 0.2) is 5.60 Å². The van der Waals surface area contributed by atoms with Gasteiger partial charge in [0.25, 0.3) is 0 Å². The minimum absolute atomic E-state index is 0.0359. The molecule has 0 spiro atoms. The monoisotopic (exact) mass is 214 g/mol. The Bertz CT molecular complexity index is 175. The van der Waals surface area contributed by atoms with Gasteiger partial charge in [-0.25, -0.2) is 0 Å². The molecular formula is C9H17F3O2. The summed E-state index contributed by atoms with van der Waals surface area (Å²) in [6, 6.07) is 0. The zero-order valence-corrected chi connectivity index (χ0v) is 8.85. The Kier molecular flexibility index (Phi) is 4.39. The summed E-state index contributed by atoms with van der Waals surface area (Å²) in [5.41, 5.74) is -2.79. The Morgan fingerprint density at radius 3 is 1.93 bits per heavy atom. The van der Waals surface area contributed by atoms with Crippen molar-refractivity contribution in [3.05, 3.63) is 0 Å². The Balaban J connectivity index is 4.66. The first-order valence-electron chi connectivity index (χ1n) is 4.44. The van der Waals surface area contributed by atoms with Crippen molar-refractivity contribution >= 4 is 0 Å². The maximum atomic E-state index is 12.4. The van der Waals surface area contributed by atoms with Gasteiger partial charge in [-0.05, 0) is 19.3 Å². The highest BCUT2D eigenvalue weighted by atomic mass is 19.4. The van der Waals surface area contributed by atoms with E-state index in [0.29, 0.717) is 0 Å². The largest absolute Gasteiger partial charge is 0.419 e. The number of rotatable bonds is 4. The third-order valence-electron chi connectivity index (χ3n) is 2.17. The summed E-state index contributed by atoms with van der Waals surface area (Å²) in [6.07, 6.45) is -5.71. The highest BCUT2D eigenvalue weighted by Gasteiger charge is 2.55. The van der Waals surface area contributed by atoms with Gasteiger partial charge in [0.05, 0.1) is 6.10 Å². The quantitative estimate of drug-likeness (QED) is 0.778. The van der Waals surface area contributed by atoms with Crippen LogP contribution in [-0.2, 0) is 4.74 Å². The SMILES string of the molecule is COC(CC(C)C)C(C)(O)C(F)(F)F. The number of halogens is 3. The van der Waals surface area contributed by atoms with Crippen LogP contribution in [0.25, 0.3) is 0 Å². The molecule has 0 aliphatic rings. The molecule has 0 fully saturated rings. The number of aliphatic hydroxyl groups is 1. The fourth-order valence-electron chi connectivity index (χ4n) is 1.17. The lowest BCUT2D eigenvalue weighted by atomic mass is 9.91. The molecule has 0 rings (SSSR count). The van der Waals surface area contributed by atoms with Crippen molar-refractivity contribution in [3.63, 3.8) is 0 Å². The van der Waals surface area contributed by atoms with Crippen molar-refractivity contribution in [3.8, 4) is 0 Å². The van der Waals surface area contributed by atoms with Crippen LogP contribution >= 0.6 is 0 Å². The van der Waals surface area contributed by atoms with Crippen LogP contribution in [-0.4, -0.2) is 30.1 Å². The van der Waals surface area contributed by atoms with Crippen molar-refractivity contribution in [2.24, 2.45) is 5.92 Å². The van der Waals surface area contributed by atoms with Crippen LogP contribution in [0.2, 0.25) is 0 Å². The molecule has 0 aromatic heterocycles. The van der Waals surface area contributed by atoms with E-state index in [1.54, 1.807) is 13.8 Å². The van der Waals surface area contributed by atoms with Gasteiger partial charge in [0, 0.05) is 7.11 Å². The van der Waals surface area contributed by atoms with Crippen LogP contribution in [0.5, 0.6) is 0 Å². The maximum Gasteiger partial charge on any atom is 0.419 e. The summed E-state index contributed by atoms with van der Waals surface area (Å²) in [7, 11) is 1.17. The van der Waals surface area contributed by atoms with Gasteiger partial charge in [-0.3, -0.25) is 0 Å². The van der Waals surface area contributed by atoms with E-state index in [1.165, 1.54) is 7.11 Å². The van der Waals surface area contributed by atoms with Crippen LogP contribution < -0.4 is 0 Å². The molecular weight excluding hydrogens is 197 g/mol. The summed E-state index contributed by atoms with van der Waals surface area (Å²) in [6.45, 7) is 4.29. The zero-order chi connectivity index (χ0) is 11.6. The lowest BCUT2D eigenvalue weighted by Gasteiger charge is -2.34. The number of hydrogen-bond donors (Lipinski definition) is 1. The lowest BCUT2D eigenvalue weighted by Crippen LogP contribution is -2.53. The summed E-state index contributed by atoms with van der Waals surface area (Å²) >= 11 is 0. The molecule has 14 heavy (non-hydrogen) atoms. The number of alkyl halides is 3. The molecule has 0 amide bonds. The molecule has 0 aromatic rings. The van der Waals surface area contributed by atoms with E-state index in [1.807, 2.05) is 0 Å². The normalized spacial score (nSPS) is 19.5. The highest BCUT2D eigenvalue weighted by molar-refractivity contribution is 4.90. The molecule has 5 heteroatoms. The van der Waals surface area contributed by atoms with Crippen molar-refractivity contribution < 1.29 is 23.0 Å². The van der Waals surface area contributed by atoms with Crippen LogP contribution in [0.3, 0.4) is 0 Å². The van der Waals surface area contributed by atoms with E-state index < -0.39 is 17.9 Å². The summed E-state index contributed by atoms with van der Waals surface area (Å²) < 4.78 is 41.9. The number of methoxy groups -OCH3 is 1. The van der Waals surface area contributed by atoms with Gasteiger partial charge in [-0.2, -0.15) is 13.2 Å². The van der Waals surface area contributed by atoms with Gasteiger partial charge in [-0.1, -0.05) is 13.8 Å². The molecule has 0 bridgehead atoms. The molecule has 0 radical (unpaired) electrons. The maximum absolute atomic E-state index is 12.4. The predicted octanol–water partition coefficient (Wildman–Crippen LogP) is 2.36. The molecule has 1 N–H and O–H groups in total. The first kappa shape index (κ1) is 13.7. The smallest absolute Gasteiger partial charge is 0.379 e. The average Bonchev–Trinajstić information content (AvgIpc) is 1.97. The molecule has 0 saturated heterocycles. The first-order chi connectivity index (χ1) is 6.13. The van der Waals surface area contributed by atoms with E-state index in [9.17, 15) is 18.3 Å². The summed E-state index contributed by atoms with van der Waals surface area (Å²) in [5, 5.41) is 9.31. The number of ether oxygens (including phenoxy) is 1. The minimum Gasteiger partial charge on any atom is -0.379 e. The fourth-order valence-corrected chi connectivity index (χ4v) is 1.17. The third-order valence-corrected chi connectivity index (χ3v) is 2.17. The summed E-state index contributed by atoms with van der Waals surface area (Å²) in [4.78, 5) is 0. The topological polar surface area (TPSA) is 29.5 Å². The van der Waals surface area contributed by atoms with E-state index in [2.05, 4.69) is 4.74 Å². The second-order valence-electron chi connectivity index (χ2n) is 4.00. The van der Waals surface area contributed by atoms with Crippen molar-refractivity contribution in [2.75, 3.05) is 7.11 Å². The van der Waals surface area contributed by atoms with E-state index in [4.69, 9.17) is 0 Å². The van der Waals surface area contributed by atoms with Crippen LogP contribution in [0.1, 0.15) is 27.2 Å². The molecule has 2 nitrogen and oxygen atoms in total. The van der Waals surface area contributed by atoms with Gasteiger partial charge in [0.2, 0.25) is 0 Å². The molecule has 2 unspecified atom stereocenters. The molecule has 86 valence electrons. The third kappa shape index (κ3) is 3.13. The lowest BCUT2D eigenvalue weighted by molar-refractivity contribution is -0.287. The Labute approximate surface area is 82.1 Å². The van der Waals surface area contributed by atoms with Crippen molar-refractivity contribution in [1.29, 1.82) is 0 Å². The van der Waals surface area contributed by atoms with Gasteiger partial charge in [0.1, 0.15) is 0 Å². The zero-order valence-electron chi connectivity index (χ0n) is 8.85. The Morgan fingerprint density at radius 2 is 1.71 bits per heavy atom. The second kappa shape index (κ2) is 4.49. The van der Waals surface area contributed by atoms with Gasteiger partial charge >= 0.3 is 6.18 Å². The van der Waals surface area contributed by atoms with Crippen LogP contribution in [0, 0.1) is 5.92 Å². The van der Waals surface area contributed by atoms with Gasteiger partial charge < -0.3 is 9.84 Å². The highest BCUT2D eigenvalue weighted by Crippen LogP contribution is 2.36. The average molecular weight is 214 g/mol. The van der Waals surface area contributed by atoms with Gasteiger partial charge in [-0.15, -0.1) is 0 Å². The standard InChI is InChI=1S/C9H17F3O2/c1-6(2)5-7(14-4)8(3,13)9(10,11)12/h6-7,13H,5H2,1-4H3. The number of hydrogen-bond acceptors (Lipinski definition) is 2. The molecule has 0 aliphatic heterocycles. The van der Waals surface area contributed by atoms with Crippen molar-refractivity contribution in [2.45, 2.75) is 45.1 Å². The molecule has 0 heterocycles. The van der Waals surface area contributed by atoms with E-state index in [-0.39, 0.29) is 12.3 Å². The fraction of sp³-hybridized carbons (Fsp3) is 1.00. The second-order valence-corrected chi connectivity index (χ2v) is 4.00. The molecule has 0 aliphatic carbocycles. The molecule has 0 saturated carbocycles. The molecule has 2 atom stereocenters. The van der Waals surface area contributed by atoms with Crippen molar-refractivity contribution in [1.82, 2.24) is 0 Å². The summed E-state index contributed by atoms with van der Waals surface area (Å²) in [5.74, 6) is 0.0359. The molecule has 0 aromatic carbocycles. The van der Waals surface area contributed by atoms with E-state index in [0.717, 1.165) is 6.92 Å². The predicted molar refractivity (Wildman–Crippen MR) is 46.9 cm³/mol. The van der Waals surface area contributed by atoms with Crippen LogP contribution in [0.15, 0.2) is 0 Å². The Hall–Kier alpha value is -0.290. The Morgan fingerprint density at radius 1 is 1.29 bits per heavy atom. The first-order valence-corrected chi connectivity index (χ1v) is 4.44. The van der Waals surface area contributed by atoms with Crippen LogP contribution in [0.4, 0.5) is 13.2 Å².